The summed E-state index contributed by atoms with van der Waals surface area (Å²) in [4.78, 5) is 42.7. The molecule has 164 valence electrons. The van der Waals surface area contributed by atoms with Gasteiger partial charge < -0.3 is 4.98 Å². The van der Waals surface area contributed by atoms with Gasteiger partial charge in [0, 0.05) is 10.8 Å². The third-order valence-corrected chi connectivity index (χ3v) is 8.20. The Balaban J connectivity index is 1.69. The first-order valence-electron chi connectivity index (χ1n) is 9.67. The zero-order valence-corrected chi connectivity index (χ0v) is 18.1. The van der Waals surface area contributed by atoms with E-state index in [1.807, 2.05) is 25.1 Å². The number of rotatable bonds is 2. The molecule has 3 unspecified atom stereocenters. The molecule has 3 heterocycles. The lowest BCUT2D eigenvalue weighted by molar-refractivity contribution is -0.137. The van der Waals surface area contributed by atoms with Gasteiger partial charge in [0.2, 0.25) is 11.8 Å². The number of imide groups is 1. The summed E-state index contributed by atoms with van der Waals surface area (Å²) in [6.45, 7) is 1.86. The largest absolute Gasteiger partial charge is 0.418 e. The Morgan fingerprint density at radius 1 is 0.969 bits per heavy atom. The minimum Gasteiger partial charge on any atom is -0.307 e. The fraction of sp³-hybridized carbons (Fsp3) is 0.227. The van der Waals surface area contributed by atoms with Crippen molar-refractivity contribution >= 4 is 40.6 Å². The number of fused-ring (bicyclic) bond motifs is 2. The molecular weight excluding hydrogens is 461 g/mol. The highest BCUT2D eigenvalue weighted by molar-refractivity contribution is 8.00. The van der Waals surface area contributed by atoms with Crippen molar-refractivity contribution in [2.45, 2.75) is 29.3 Å². The van der Waals surface area contributed by atoms with E-state index in [2.05, 4.69) is 4.98 Å². The van der Waals surface area contributed by atoms with E-state index in [9.17, 15) is 27.6 Å². The molecule has 2 amide bonds. The number of nitrogens with zero attached hydrogens (tertiary/aromatic N) is 1. The van der Waals surface area contributed by atoms with Crippen molar-refractivity contribution in [2.75, 3.05) is 4.90 Å². The number of aromatic amines is 1. The predicted octanol–water partition coefficient (Wildman–Crippen LogP) is 4.56. The van der Waals surface area contributed by atoms with Crippen LogP contribution in [0.1, 0.15) is 27.5 Å². The minimum absolute atomic E-state index is 0.305. The summed E-state index contributed by atoms with van der Waals surface area (Å²) in [5.41, 5.74) is 0.127. The monoisotopic (exact) mass is 476 g/mol. The van der Waals surface area contributed by atoms with Crippen LogP contribution in [0, 0.1) is 12.8 Å². The minimum atomic E-state index is -4.72. The standard InChI is InChI=1S/C22H15F3N2O3S2/c1-10-6-2-3-7-11(10)14-15-17(31-18-16(14)32-21(30)26-18)20(29)27(19(15)28)13-9-5-4-8-12(13)22(23,24)25/h2-9,14-15,17H,1H3,(H,26,30). The number of aryl methyl sites for hydroxylation is 1. The van der Waals surface area contributed by atoms with Crippen LogP contribution >= 0.6 is 23.1 Å². The van der Waals surface area contributed by atoms with Crippen LogP contribution in [-0.4, -0.2) is 22.0 Å². The lowest BCUT2D eigenvalue weighted by atomic mass is 9.81. The number of alkyl halides is 3. The lowest BCUT2D eigenvalue weighted by Crippen LogP contribution is -2.33. The first kappa shape index (κ1) is 21.0. The van der Waals surface area contributed by atoms with E-state index >= 15 is 0 Å². The summed E-state index contributed by atoms with van der Waals surface area (Å²) in [6, 6.07) is 11.9. The van der Waals surface area contributed by atoms with Crippen molar-refractivity contribution in [1.82, 2.24) is 4.98 Å². The van der Waals surface area contributed by atoms with Gasteiger partial charge in [-0.15, -0.1) is 0 Å². The molecule has 1 N–H and O–H groups in total. The number of hydrogen-bond acceptors (Lipinski definition) is 5. The van der Waals surface area contributed by atoms with Crippen LogP contribution in [0.2, 0.25) is 0 Å². The van der Waals surface area contributed by atoms with Crippen LogP contribution < -0.4 is 9.77 Å². The predicted molar refractivity (Wildman–Crippen MR) is 115 cm³/mol. The molecule has 32 heavy (non-hydrogen) atoms. The molecule has 0 saturated carbocycles. The molecule has 1 fully saturated rings. The number of carbonyl (C=O) groups excluding carboxylic acids is 2. The van der Waals surface area contributed by atoms with Gasteiger partial charge >= 0.3 is 11.0 Å². The fourth-order valence-electron chi connectivity index (χ4n) is 4.43. The fourth-order valence-corrected chi connectivity index (χ4v) is 6.94. The Morgan fingerprint density at radius 3 is 2.38 bits per heavy atom. The maximum Gasteiger partial charge on any atom is 0.418 e. The van der Waals surface area contributed by atoms with Gasteiger partial charge in [-0.05, 0) is 30.2 Å². The SMILES string of the molecule is Cc1ccccc1C1c2sc(=O)[nH]c2SC2C(=O)N(c3ccccc3C(F)(F)F)C(=O)C21. The van der Waals surface area contributed by atoms with Crippen molar-refractivity contribution in [3.05, 3.63) is 79.8 Å². The number of thiazole rings is 1. The maximum absolute atomic E-state index is 13.6. The molecule has 2 aromatic carbocycles. The number of carbonyl (C=O) groups is 2. The van der Waals surface area contributed by atoms with Gasteiger partial charge in [-0.1, -0.05) is 59.5 Å². The van der Waals surface area contributed by atoms with E-state index in [4.69, 9.17) is 0 Å². The third kappa shape index (κ3) is 3.12. The highest BCUT2D eigenvalue weighted by atomic mass is 32.2. The molecule has 10 heteroatoms. The van der Waals surface area contributed by atoms with Crippen molar-refractivity contribution in [3.8, 4) is 0 Å². The molecule has 2 aliphatic heterocycles. The summed E-state index contributed by atoms with van der Waals surface area (Å²) in [6.07, 6.45) is -4.72. The first-order valence-corrected chi connectivity index (χ1v) is 11.4. The lowest BCUT2D eigenvalue weighted by Gasteiger charge is -2.30. The van der Waals surface area contributed by atoms with Gasteiger partial charge in [-0.25, -0.2) is 4.90 Å². The number of halogens is 3. The van der Waals surface area contributed by atoms with E-state index < -0.39 is 46.3 Å². The average molecular weight is 477 g/mol. The molecule has 1 saturated heterocycles. The Kier molecular flexibility index (Phi) is 4.82. The van der Waals surface area contributed by atoms with Gasteiger partial charge in [0.05, 0.1) is 22.2 Å². The topological polar surface area (TPSA) is 70.2 Å². The molecule has 3 aromatic rings. The first-order chi connectivity index (χ1) is 15.2. The third-order valence-electron chi connectivity index (χ3n) is 5.80. The molecule has 1 aromatic heterocycles. The number of amides is 2. The van der Waals surface area contributed by atoms with E-state index in [1.54, 1.807) is 6.07 Å². The van der Waals surface area contributed by atoms with Crippen LogP contribution in [-0.2, 0) is 15.8 Å². The number of benzene rings is 2. The van der Waals surface area contributed by atoms with Crippen LogP contribution in [0.3, 0.4) is 0 Å². The quantitative estimate of drug-likeness (QED) is 0.551. The highest BCUT2D eigenvalue weighted by Gasteiger charge is 2.57. The van der Waals surface area contributed by atoms with Crippen molar-refractivity contribution in [2.24, 2.45) is 5.92 Å². The zero-order valence-electron chi connectivity index (χ0n) is 16.5. The Morgan fingerprint density at radius 2 is 1.66 bits per heavy atom. The summed E-state index contributed by atoms with van der Waals surface area (Å²) < 4.78 is 40.9. The molecule has 3 atom stereocenters. The molecule has 0 spiro atoms. The van der Waals surface area contributed by atoms with E-state index in [1.165, 1.54) is 12.1 Å². The van der Waals surface area contributed by atoms with Crippen LogP contribution in [0.15, 0.2) is 58.4 Å². The second-order valence-electron chi connectivity index (χ2n) is 7.63. The van der Waals surface area contributed by atoms with Crippen LogP contribution in [0.25, 0.3) is 0 Å². The van der Waals surface area contributed by atoms with E-state index in [-0.39, 0.29) is 4.87 Å². The van der Waals surface area contributed by atoms with E-state index in [0.29, 0.717) is 14.8 Å². The number of para-hydroxylation sites is 1. The van der Waals surface area contributed by atoms with Gasteiger partial charge in [-0.3, -0.25) is 14.4 Å². The molecular formula is C22H15F3N2O3S2. The number of aromatic nitrogens is 1. The number of thioether (sulfide) groups is 1. The summed E-state index contributed by atoms with van der Waals surface area (Å²) in [5, 5.41) is -0.451. The molecule has 0 aliphatic carbocycles. The van der Waals surface area contributed by atoms with Crippen molar-refractivity contribution in [3.63, 3.8) is 0 Å². The number of nitrogens with one attached hydrogen (secondary N) is 1. The second kappa shape index (κ2) is 7.35. The second-order valence-corrected chi connectivity index (χ2v) is 9.80. The highest BCUT2D eigenvalue weighted by Crippen LogP contribution is 2.54. The summed E-state index contributed by atoms with van der Waals surface area (Å²) >= 11 is 2.00. The number of H-pyrrole nitrogens is 1. The average Bonchev–Trinajstić information content (AvgIpc) is 3.23. The van der Waals surface area contributed by atoms with Crippen LogP contribution in [0.4, 0.5) is 18.9 Å². The van der Waals surface area contributed by atoms with Crippen LogP contribution in [0.5, 0.6) is 0 Å². The molecule has 5 rings (SSSR count). The summed E-state index contributed by atoms with van der Waals surface area (Å²) in [5.74, 6) is -2.93. The Labute approximate surface area is 188 Å². The smallest absolute Gasteiger partial charge is 0.307 e. The van der Waals surface area contributed by atoms with Crippen molar-refractivity contribution in [1.29, 1.82) is 0 Å². The van der Waals surface area contributed by atoms with Gasteiger partial charge in [0.15, 0.2) is 0 Å². The normalized spacial score (nSPS) is 22.8. The van der Waals surface area contributed by atoms with Gasteiger partial charge in [0.25, 0.3) is 0 Å². The molecule has 0 radical (unpaired) electrons. The Hall–Kier alpha value is -2.85. The molecule has 2 aliphatic rings. The van der Waals surface area contributed by atoms with Crippen molar-refractivity contribution < 1.29 is 22.8 Å². The number of anilines is 1. The Bertz CT molecular complexity index is 1310. The van der Waals surface area contributed by atoms with Gasteiger partial charge in [-0.2, -0.15) is 13.2 Å². The maximum atomic E-state index is 13.6. The summed E-state index contributed by atoms with van der Waals surface area (Å²) in [7, 11) is 0. The number of hydrogen-bond donors (Lipinski definition) is 1. The van der Waals surface area contributed by atoms with E-state index in [0.717, 1.165) is 46.4 Å². The molecule has 5 nitrogen and oxygen atoms in total. The molecule has 0 bridgehead atoms. The van der Waals surface area contributed by atoms with Gasteiger partial charge in [0.1, 0.15) is 5.25 Å². The zero-order chi connectivity index (χ0) is 22.8.